The maximum Gasteiger partial charge on any atom is 0.323 e. The Bertz CT molecular complexity index is 1090. The predicted octanol–water partition coefficient (Wildman–Crippen LogP) is 3.68. The average molecular weight is 424 g/mol. The summed E-state index contributed by atoms with van der Waals surface area (Å²) in [6.45, 7) is 1.81. The van der Waals surface area contributed by atoms with Crippen LogP contribution in [-0.4, -0.2) is 57.5 Å². The molecule has 0 saturated carbocycles. The van der Waals surface area contributed by atoms with Gasteiger partial charge >= 0.3 is 6.03 Å². The number of hydrogen-bond donors (Lipinski definition) is 2. The number of rotatable bonds is 5. The molecule has 31 heavy (non-hydrogen) atoms. The maximum absolute atomic E-state index is 13.0. The molecule has 2 aliphatic rings. The van der Waals surface area contributed by atoms with Crippen LogP contribution in [0.5, 0.6) is 0 Å². The van der Waals surface area contributed by atoms with Crippen LogP contribution >= 0.6 is 0 Å². The Balaban J connectivity index is 1.31. The Kier molecular flexibility index (Phi) is 5.27. The van der Waals surface area contributed by atoms with Crippen LogP contribution in [0.2, 0.25) is 0 Å². The number of amides is 2. The number of fused-ring (bicyclic) bond motifs is 3. The highest BCUT2D eigenvalue weighted by Gasteiger charge is 2.43. The molecule has 8 nitrogen and oxygen atoms in total. The molecule has 0 radical (unpaired) electrons. The van der Waals surface area contributed by atoms with E-state index in [2.05, 4.69) is 25.8 Å². The Morgan fingerprint density at radius 2 is 2.03 bits per heavy atom. The van der Waals surface area contributed by atoms with Gasteiger partial charge in [0.25, 0.3) is 0 Å². The smallest absolute Gasteiger partial charge is 0.323 e. The van der Waals surface area contributed by atoms with Gasteiger partial charge in [0.05, 0.1) is 11.7 Å². The summed E-state index contributed by atoms with van der Waals surface area (Å²) in [6.07, 6.45) is 5.36. The lowest BCUT2D eigenvalue weighted by atomic mass is 9.97. The first-order valence-corrected chi connectivity index (χ1v) is 10.7. The number of alkyl halides is 1. The van der Waals surface area contributed by atoms with Crippen molar-refractivity contribution in [2.75, 3.05) is 18.5 Å². The van der Waals surface area contributed by atoms with E-state index in [-0.39, 0.29) is 30.8 Å². The highest BCUT2D eigenvalue weighted by molar-refractivity contribution is 5.92. The van der Waals surface area contributed by atoms with Crippen LogP contribution in [0.1, 0.15) is 31.6 Å². The van der Waals surface area contributed by atoms with E-state index in [0.29, 0.717) is 24.0 Å². The molecule has 2 amide bonds. The first kappa shape index (κ1) is 19.9. The normalized spacial score (nSPS) is 22.8. The fourth-order valence-corrected chi connectivity index (χ4v) is 4.86. The summed E-state index contributed by atoms with van der Waals surface area (Å²) in [4.78, 5) is 19.1. The SMILES string of the molecule is Cc1ncc(-c2ccc3nnc(NC(=O)N4[C@@H]5CC[C@H]4CC(NCCF)C5)cc3c2)o1. The van der Waals surface area contributed by atoms with Crippen molar-refractivity contribution in [3.8, 4) is 11.3 Å². The lowest BCUT2D eigenvalue weighted by Crippen LogP contribution is -2.53. The van der Waals surface area contributed by atoms with Crippen molar-refractivity contribution in [1.82, 2.24) is 25.4 Å². The molecule has 162 valence electrons. The molecule has 0 spiro atoms. The van der Waals surface area contributed by atoms with Crippen LogP contribution in [0.25, 0.3) is 22.2 Å². The van der Waals surface area contributed by atoms with Crippen LogP contribution in [0, 0.1) is 6.92 Å². The summed E-state index contributed by atoms with van der Waals surface area (Å²) in [5, 5.41) is 15.5. The Morgan fingerprint density at radius 3 is 2.74 bits per heavy atom. The molecule has 3 aromatic rings. The van der Waals surface area contributed by atoms with Gasteiger partial charge in [0.15, 0.2) is 17.5 Å². The van der Waals surface area contributed by atoms with E-state index in [0.717, 1.165) is 42.1 Å². The third-order valence-electron chi connectivity index (χ3n) is 6.22. The van der Waals surface area contributed by atoms with Crippen LogP contribution in [0.4, 0.5) is 15.0 Å². The van der Waals surface area contributed by atoms with Gasteiger partial charge in [0, 0.05) is 42.5 Å². The van der Waals surface area contributed by atoms with E-state index < -0.39 is 0 Å². The fourth-order valence-electron chi connectivity index (χ4n) is 4.86. The Morgan fingerprint density at radius 1 is 1.23 bits per heavy atom. The molecular weight excluding hydrogens is 399 g/mol. The van der Waals surface area contributed by atoms with Crippen molar-refractivity contribution in [3.63, 3.8) is 0 Å². The second-order valence-corrected chi connectivity index (χ2v) is 8.28. The molecule has 3 atom stereocenters. The van der Waals surface area contributed by atoms with Gasteiger partial charge in [-0.15, -0.1) is 10.2 Å². The zero-order valence-corrected chi connectivity index (χ0v) is 17.3. The van der Waals surface area contributed by atoms with Crippen molar-refractivity contribution in [2.24, 2.45) is 0 Å². The van der Waals surface area contributed by atoms with Crippen molar-refractivity contribution >= 4 is 22.8 Å². The summed E-state index contributed by atoms with van der Waals surface area (Å²) in [5.74, 6) is 1.71. The largest absolute Gasteiger partial charge is 0.441 e. The molecule has 2 aromatic heterocycles. The van der Waals surface area contributed by atoms with Crippen LogP contribution < -0.4 is 10.6 Å². The molecule has 1 aromatic carbocycles. The molecule has 2 N–H and O–H groups in total. The van der Waals surface area contributed by atoms with E-state index in [1.54, 1.807) is 13.1 Å². The van der Waals surface area contributed by atoms with Crippen LogP contribution in [0.3, 0.4) is 0 Å². The summed E-state index contributed by atoms with van der Waals surface area (Å²) >= 11 is 0. The standard InChI is InChI=1S/C22H25FN6O2/c1-13-25-12-20(31-13)14-2-5-19-15(8-14)9-21(28-27-19)26-22(30)29-17-3-4-18(29)11-16(10-17)24-7-6-23/h2,5,8-9,12,16-18,24H,3-4,6-7,10-11H2,1H3,(H,26,28,30)/t16?,17-,18+. The number of urea groups is 1. The number of nitrogens with one attached hydrogen (secondary N) is 2. The van der Waals surface area contributed by atoms with E-state index in [1.165, 1.54) is 0 Å². The molecule has 0 aliphatic carbocycles. The third kappa shape index (κ3) is 3.97. The summed E-state index contributed by atoms with van der Waals surface area (Å²) in [7, 11) is 0. The molecule has 2 bridgehead atoms. The number of piperidine rings is 1. The molecule has 9 heteroatoms. The zero-order chi connectivity index (χ0) is 21.4. The number of carbonyl (C=O) groups is 1. The van der Waals surface area contributed by atoms with Crippen molar-refractivity contribution in [2.45, 2.75) is 50.7 Å². The Labute approximate surface area is 179 Å². The minimum Gasteiger partial charge on any atom is -0.441 e. The molecule has 4 heterocycles. The second-order valence-electron chi connectivity index (χ2n) is 8.28. The highest BCUT2D eigenvalue weighted by Crippen LogP contribution is 2.36. The number of halogens is 1. The van der Waals surface area contributed by atoms with Crippen molar-refractivity contribution in [3.05, 3.63) is 36.4 Å². The van der Waals surface area contributed by atoms with Gasteiger partial charge in [-0.1, -0.05) is 0 Å². The quantitative estimate of drug-likeness (QED) is 0.649. The lowest BCUT2D eigenvalue weighted by Gasteiger charge is -2.39. The number of oxazole rings is 1. The first-order valence-electron chi connectivity index (χ1n) is 10.7. The second kappa shape index (κ2) is 8.22. The van der Waals surface area contributed by atoms with Gasteiger partial charge in [0.1, 0.15) is 6.67 Å². The van der Waals surface area contributed by atoms with Gasteiger partial charge in [-0.2, -0.15) is 0 Å². The monoisotopic (exact) mass is 424 g/mol. The number of aryl methyl sites for hydroxylation is 1. The molecule has 1 unspecified atom stereocenters. The average Bonchev–Trinajstić information content (AvgIpc) is 3.32. The van der Waals surface area contributed by atoms with E-state index in [4.69, 9.17) is 4.42 Å². The third-order valence-corrected chi connectivity index (χ3v) is 6.22. The minimum absolute atomic E-state index is 0.146. The zero-order valence-electron chi connectivity index (χ0n) is 17.3. The topological polar surface area (TPSA) is 96.2 Å². The number of carbonyl (C=O) groups excluding carboxylic acids is 1. The molecule has 2 saturated heterocycles. The number of hydrogen-bond acceptors (Lipinski definition) is 6. The molecule has 2 aliphatic heterocycles. The fraction of sp³-hybridized carbons (Fsp3) is 0.455. The van der Waals surface area contributed by atoms with E-state index in [1.807, 2.05) is 29.2 Å². The molecule has 2 fully saturated rings. The Hall–Kier alpha value is -3.07. The van der Waals surface area contributed by atoms with Crippen LogP contribution in [0.15, 0.2) is 34.9 Å². The minimum atomic E-state index is -0.367. The number of anilines is 1. The van der Waals surface area contributed by atoms with Gasteiger partial charge in [-0.05, 0) is 49.9 Å². The number of aromatic nitrogens is 3. The number of nitrogens with zero attached hydrogens (tertiary/aromatic N) is 4. The maximum atomic E-state index is 13.0. The molecule has 5 rings (SSSR count). The van der Waals surface area contributed by atoms with Gasteiger partial charge < -0.3 is 14.6 Å². The summed E-state index contributed by atoms with van der Waals surface area (Å²) < 4.78 is 18.1. The number of benzene rings is 1. The van der Waals surface area contributed by atoms with Gasteiger partial charge in [-0.3, -0.25) is 5.32 Å². The van der Waals surface area contributed by atoms with Gasteiger partial charge in [-0.25, -0.2) is 14.2 Å². The lowest BCUT2D eigenvalue weighted by molar-refractivity contribution is 0.141. The van der Waals surface area contributed by atoms with Crippen molar-refractivity contribution < 1.29 is 13.6 Å². The van der Waals surface area contributed by atoms with Crippen molar-refractivity contribution in [1.29, 1.82) is 0 Å². The van der Waals surface area contributed by atoms with E-state index >= 15 is 0 Å². The van der Waals surface area contributed by atoms with E-state index in [9.17, 15) is 9.18 Å². The summed E-state index contributed by atoms with van der Waals surface area (Å²) in [5.41, 5.74) is 1.62. The highest BCUT2D eigenvalue weighted by atomic mass is 19.1. The van der Waals surface area contributed by atoms with Gasteiger partial charge in [0.2, 0.25) is 0 Å². The summed E-state index contributed by atoms with van der Waals surface area (Å²) in [6, 6.07) is 8.03. The first-order chi connectivity index (χ1) is 15.1. The predicted molar refractivity (Wildman–Crippen MR) is 114 cm³/mol. The van der Waals surface area contributed by atoms with Crippen LogP contribution in [-0.2, 0) is 0 Å². The molecular formula is C22H25FN6O2.